The smallest absolute Gasteiger partial charge is 0.228 e. The number of amides is 1. The van der Waals surface area contributed by atoms with E-state index in [9.17, 15) is 4.79 Å². The molecule has 1 saturated heterocycles. The Hall–Kier alpha value is -1.36. The van der Waals surface area contributed by atoms with E-state index in [-0.39, 0.29) is 5.91 Å². The maximum atomic E-state index is 12.0. The number of aromatic nitrogens is 2. The van der Waals surface area contributed by atoms with Crippen LogP contribution in [-0.2, 0) is 11.2 Å². The van der Waals surface area contributed by atoms with Gasteiger partial charge in [0.1, 0.15) is 0 Å². The minimum absolute atomic E-state index is 0.242. The minimum Gasteiger partial charge on any atom is -0.342 e. The molecule has 2 aromatic heterocycles. The highest BCUT2D eigenvalue weighted by Crippen LogP contribution is 2.16. The van der Waals surface area contributed by atoms with Crippen LogP contribution in [-0.4, -0.2) is 33.3 Å². The molecule has 1 amide bonds. The third kappa shape index (κ3) is 1.61. The highest BCUT2D eigenvalue weighted by atomic mass is 32.1. The molecule has 2 aromatic rings. The number of likely N-dealkylation sites (tertiary alicyclic amines) is 1. The van der Waals surface area contributed by atoms with E-state index >= 15 is 0 Å². The molecular weight excluding hydrogens is 222 g/mol. The van der Waals surface area contributed by atoms with Crippen LogP contribution < -0.4 is 0 Å². The average Bonchev–Trinajstić information content (AvgIpc) is 2.94. The molecule has 0 aromatic carbocycles. The first-order valence-corrected chi connectivity index (χ1v) is 6.40. The number of hydrogen-bond acceptors (Lipinski definition) is 3. The summed E-state index contributed by atoms with van der Waals surface area (Å²) in [6.45, 7) is 1.85. The zero-order valence-corrected chi connectivity index (χ0v) is 9.74. The van der Waals surface area contributed by atoms with Gasteiger partial charge in [-0.05, 0) is 12.8 Å². The van der Waals surface area contributed by atoms with Gasteiger partial charge in [0, 0.05) is 36.6 Å². The average molecular weight is 235 g/mol. The second kappa shape index (κ2) is 3.90. The summed E-state index contributed by atoms with van der Waals surface area (Å²) in [6.07, 6.45) is 6.48. The second-order valence-corrected chi connectivity index (χ2v) is 4.91. The first kappa shape index (κ1) is 9.84. The van der Waals surface area contributed by atoms with E-state index in [1.54, 1.807) is 17.5 Å². The first-order valence-electron chi connectivity index (χ1n) is 5.52. The lowest BCUT2D eigenvalue weighted by Crippen LogP contribution is -2.29. The lowest BCUT2D eigenvalue weighted by atomic mass is 10.3. The number of fused-ring (bicyclic) bond motifs is 1. The van der Waals surface area contributed by atoms with Crippen molar-refractivity contribution in [3.63, 3.8) is 0 Å². The number of thiazole rings is 1. The molecular formula is C11H13N3OS. The summed E-state index contributed by atoms with van der Waals surface area (Å²) < 4.78 is 2.00. The van der Waals surface area contributed by atoms with Gasteiger partial charge in [-0.2, -0.15) is 0 Å². The standard InChI is InChI=1S/C11H13N3OS/c15-10(13-4-1-2-5-13)7-9-8-16-11-12-3-6-14(9)11/h3,6,8H,1-2,4-5,7H2. The van der Waals surface area contributed by atoms with Gasteiger partial charge in [0.15, 0.2) is 4.96 Å². The Labute approximate surface area is 97.5 Å². The van der Waals surface area contributed by atoms with Crippen molar-refractivity contribution in [2.24, 2.45) is 0 Å². The van der Waals surface area contributed by atoms with Gasteiger partial charge in [-0.1, -0.05) is 0 Å². The summed E-state index contributed by atoms with van der Waals surface area (Å²) in [4.78, 5) is 19.1. The zero-order valence-electron chi connectivity index (χ0n) is 8.93. The molecule has 4 nitrogen and oxygen atoms in total. The third-order valence-corrected chi connectivity index (χ3v) is 3.91. The number of hydrogen-bond donors (Lipinski definition) is 0. The molecule has 3 rings (SSSR count). The highest BCUT2D eigenvalue weighted by Gasteiger charge is 2.19. The number of rotatable bonds is 2. The van der Waals surface area contributed by atoms with E-state index in [1.165, 1.54) is 0 Å². The fraction of sp³-hybridized carbons (Fsp3) is 0.455. The number of carbonyl (C=O) groups is 1. The third-order valence-electron chi connectivity index (χ3n) is 3.01. The van der Waals surface area contributed by atoms with Gasteiger partial charge >= 0.3 is 0 Å². The predicted molar refractivity (Wildman–Crippen MR) is 62.6 cm³/mol. The molecule has 0 spiro atoms. The highest BCUT2D eigenvalue weighted by molar-refractivity contribution is 7.15. The number of carbonyl (C=O) groups excluding carboxylic acids is 1. The van der Waals surface area contributed by atoms with Crippen LogP contribution >= 0.6 is 11.3 Å². The Morgan fingerprint density at radius 1 is 1.44 bits per heavy atom. The molecule has 0 bridgehead atoms. The van der Waals surface area contributed by atoms with E-state index in [1.807, 2.05) is 20.9 Å². The Balaban J connectivity index is 1.79. The van der Waals surface area contributed by atoms with Crippen molar-refractivity contribution in [3.05, 3.63) is 23.5 Å². The molecule has 0 atom stereocenters. The minimum atomic E-state index is 0.242. The molecule has 0 N–H and O–H groups in total. The fourth-order valence-corrected chi connectivity index (χ4v) is 2.98. The van der Waals surface area contributed by atoms with Gasteiger partial charge in [0.25, 0.3) is 0 Å². The van der Waals surface area contributed by atoms with Crippen molar-refractivity contribution in [1.82, 2.24) is 14.3 Å². The van der Waals surface area contributed by atoms with E-state index in [0.717, 1.165) is 36.6 Å². The monoisotopic (exact) mass is 235 g/mol. The Kier molecular flexibility index (Phi) is 2.40. The Morgan fingerprint density at radius 2 is 2.25 bits per heavy atom. The van der Waals surface area contributed by atoms with Crippen LogP contribution in [0.1, 0.15) is 18.5 Å². The molecule has 0 saturated carbocycles. The van der Waals surface area contributed by atoms with Gasteiger partial charge in [0.05, 0.1) is 6.42 Å². The summed E-state index contributed by atoms with van der Waals surface area (Å²) in [7, 11) is 0. The molecule has 0 radical (unpaired) electrons. The quantitative estimate of drug-likeness (QED) is 0.792. The van der Waals surface area contributed by atoms with Crippen LogP contribution in [0.15, 0.2) is 17.8 Å². The SMILES string of the molecule is O=C(Cc1csc2nccn12)N1CCCC1. The number of imidazole rings is 1. The van der Waals surface area contributed by atoms with Gasteiger partial charge < -0.3 is 4.90 Å². The molecule has 1 aliphatic rings. The van der Waals surface area contributed by atoms with E-state index in [4.69, 9.17) is 0 Å². The lowest BCUT2D eigenvalue weighted by Gasteiger charge is -2.14. The van der Waals surface area contributed by atoms with Crippen molar-refractivity contribution < 1.29 is 4.79 Å². The lowest BCUT2D eigenvalue weighted by molar-refractivity contribution is -0.129. The normalized spacial score (nSPS) is 16.1. The summed E-state index contributed by atoms with van der Waals surface area (Å²) in [5, 5.41) is 2.02. The second-order valence-electron chi connectivity index (χ2n) is 4.07. The van der Waals surface area contributed by atoms with Crippen molar-refractivity contribution >= 4 is 22.2 Å². The van der Waals surface area contributed by atoms with Crippen molar-refractivity contribution in [1.29, 1.82) is 0 Å². The first-order chi connectivity index (χ1) is 7.84. The van der Waals surface area contributed by atoms with Gasteiger partial charge in [-0.25, -0.2) is 4.98 Å². The topological polar surface area (TPSA) is 37.6 Å². The van der Waals surface area contributed by atoms with E-state index < -0.39 is 0 Å². The molecule has 16 heavy (non-hydrogen) atoms. The molecule has 5 heteroatoms. The zero-order chi connectivity index (χ0) is 11.0. The van der Waals surface area contributed by atoms with Crippen LogP contribution in [0.5, 0.6) is 0 Å². The van der Waals surface area contributed by atoms with E-state index in [2.05, 4.69) is 4.98 Å². The Bertz CT molecular complexity index is 510. The van der Waals surface area contributed by atoms with Crippen LogP contribution in [0.4, 0.5) is 0 Å². The number of nitrogens with zero attached hydrogens (tertiary/aromatic N) is 3. The van der Waals surface area contributed by atoms with Crippen LogP contribution in [0.3, 0.4) is 0 Å². The summed E-state index contributed by atoms with van der Waals surface area (Å²) in [6, 6.07) is 0. The van der Waals surface area contributed by atoms with E-state index in [0.29, 0.717) is 6.42 Å². The molecule has 1 fully saturated rings. The van der Waals surface area contributed by atoms with Crippen LogP contribution in [0.25, 0.3) is 4.96 Å². The van der Waals surface area contributed by atoms with Crippen LogP contribution in [0.2, 0.25) is 0 Å². The fourth-order valence-electron chi connectivity index (χ4n) is 2.13. The molecule has 0 unspecified atom stereocenters. The summed E-state index contributed by atoms with van der Waals surface area (Å²) in [5.74, 6) is 0.242. The Morgan fingerprint density at radius 3 is 3.06 bits per heavy atom. The van der Waals surface area contributed by atoms with Gasteiger partial charge in [0.2, 0.25) is 5.91 Å². The van der Waals surface area contributed by atoms with Crippen molar-refractivity contribution in [2.75, 3.05) is 13.1 Å². The largest absolute Gasteiger partial charge is 0.342 e. The predicted octanol–water partition coefficient (Wildman–Crippen LogP) is 1.56. The molecule has 84 valence electrons. The maximum absolute atomic E-state index is 12.0. The van der Waals surface area contributed by atoms with Crippen LogP contribution in [0, 0.1) is 0 Å². The van der Waals surface area contributed by atoms with Crippen molar-refractivity contribution in [3.8, 4) is 0 Å². The van der Waals surface area contributed by atoms with Gasteiger partial charge in [-0.15, -0.1) is 11.3 Å². The molecule has 0 aliphatic carbocycles. The van der Waals surface area contributed by atoms with Gasteiger partial charge in [-0.3, -0.25) is 9.20 Å². The maximum Gasteiger partial charge on any atom is 0.228 e. The summed E-state index contributed by atoms with van der Waals surface area (Å²) in [5.41, 5.74) is 1.05. The summed E-state index contributed by atoms with van der Waals surface area (Å²) >= 11 is 1.59. The molecule has 1 aliphatic heterocycles. The van der Waals surface area contributed by atoms with Crippen molar-refractivity contribution in [2.45, 2.75) is 19.3 Å². The molecule has 3 heterocycles.